The van der Waals surface area contributed by atoms with Crippen molar-refractivity contribution < 1.29 is 4.79 Å². The number of hydrogen-bond acceptors (Lipinski definition) is 2. The Hall–Kier alpha value is -1.31. The second-order valence-corrected chi connectivity index (χ2v) is 3.46. The SMILES string of the molecule is CC(=O)c1cc(C)c(N)c(C)c1C. The minimum Gasteiger partial charge on any atom is -0.398 e. The van der Waals surface area contributed by atoms with Crippen molar-refractivity contribution in [2.24, 2.45) is 0 Å². The monoisotopic (exact) mass is 177 g/mol. The molecular formula is C11H15NO. The molecule has 2 N–H and O–H groups in total. The number of rotatable bonds is 1. The molecule has 1 rings (SSSR count). The summed E-state index contributed by atoms with van der Waals surface area (Å²) in [6.45, 7) is 7.39. The highest BCUT2D eigenvalue weighted by atomic mass is 16.1. The smallest absolute Gasteiger partial charge is 0.160 e. The molecule has 2 heteroatoms. The number of Topliss-reactive ketones (excluding diaryl/α,β-unsaturated/α-hetero) is 1. The molecule has 0 saturated carbocycles. The summed E-state index contributed by atoms with van der Waals surface area (Å²) in [6.07, 6.45) is 0. The lowest BCUT2D eigenvalue weighted by Crippen LogP contribution is -2.03. The summed E-state index contributed by atoms with van der Waals surface area (Å²) in [5, 5.41) is 0. The Morgan fingerprint density at radius 1 is 1.23 bits per heavy atom. The van der Waals surface area contributed by atoms with Gasteiger partial charge in [-0.1, -0.05) is 0 Å². The Labute approximate surface area is 78.8 Å². The van der Waals surface area contributed by atoms with E-state index in [1.807, 2.05) is 26.8 Å². The fourth-order valence-corrected chi connectivity index (χ4v) is 1.47. The molecule has 0 aromatic heterocycles. The maximum Gasteiger partial charge on any atom is 0.160 e. The van der Waals surface area contributed by atoms with Crippen LogP contribution in [0.25, 0.3) is 0 Å². The Balaban J connectivity index is 3.50. The first-order chi connectivity index (χ1) is 5.95. The Bertz CT molecular complexity index is 367. The van der Waals surface area contributed by atoms with E-state index < -0.39 is 0 Å². The van der Waals surface area contributed by atoms with Crippen LogP contribution in [0.15, 0.2) is 6.07 Å². The molecule has 0 amide bonds. The lowest BCUT2D eigenvalue weighted by molar-refractivity contribution is 0.101. The molecule has 0 aliphatic carbocycles. The van der Waals surface area contributed by atoms with E-state index in [0.717, 1.165) is 27.9 Å². The largest absolute Gasteiger partial charge is 0.398 e. The molecule has 0 unspecified atom stereocenters. The molecule has 2 nitrogen and oxygen atoms in total. The molecule has 0 atom stereocenters. The van der Waals surface area contributed by atoms with Crippen molar-refractivity contribution >= 4 is 11.5 Å². The normalized spacial score (nSPS) is 10.2. The van der Waals surface area contributed by atoms with Gasteiger partial charge in [-0.3, -0.25) is 4.79 Å². The lowest BCUT2D eigenvalue weighted by Gasteiger charge is -2.11. The van der Waals surface area contributed by atoms with Gasteiger partial charge in [-0.05, 0) is 50.5 Å². The van der Waals surface area contributed by atoms with Crippen molar-refractivity contribution in [3.8, 4) is 0 Å². The van der Waals surface area contributed by atoms with Gasteiger partial charge in [-0.2, -0.15) is 0 Å². The number of aryl methyl sites for hydroxylation is 1. The number of nitrogens with two attached hydrogens (primary N) is 1. The zero-order chi connectivity index (χ0) is 10.2. The summed E-state index contributed by atoms with van der Waals surface area (Å²) in [5.41, 5.74) is 10.4. The molecule has 0 aliphatic heterocycles. The molecule has 0 saturated heterocycles. The maximum absolute atomic E-state index is 11.2. The quantitative estimate of drug-likeness (QED) is 0.528. The summed E-state index contributed by atoms with van der Waals surface area (Å²) < 4.78 is 0. The van der Waals surface area contributed by atoms with Crippen LogP contribution in [0.1, 0.15) is 34.0 Å². The maximum atomic E-state index is 11.2. The van der Waals surface area contributed by atoms with E-state index in [1.54, 1.807) is 6.92 Å². The summed E-state index contributed by atoms with van der Waals surface area (Å²) in [4.78, 5) is 11.2. The molecular weight excluding hydrogens is 162 g/mol. The standard InChI is InChI=1S/C11H15NO/c1-6-5-10(9(4)13)7(2)8(3)11(6)12/h5H,12H2,1-4H3. The second-order valence-electron chi connectivity index (χ2n) is 3.46. The van der Waals surface area contributed by atoms with Gasteiger partial charge in [0.05, 0.1) is 0 Å². The summed E-state index contributed by atoms with van der Waals surface area (Å²) in [6, 6.07) is 1.86. The minimum absolute atomic E-state index is 0.101. The topological polar surface area (TPSA) is 43.1 Å². The fraction of sp³-hybridized carbons (Fsp3) is 0.364. The molecule has 0 aliphatic rings. The van der Waals surface area contributed by atoms with Crippen LogP contribution in [0.5, 0.6) is 0 Å². The van der Waals surface area contributed by atoms with E-state index in [2.05, 4.69) is 0 Å². The minimum atomic E-state index is 0.101. The van der Waals surface area contributed by atoms with E-state index in [0.29, 0.717) is 0 Å². The molecule has 0 bridgehead atoms. The summed E-state index contributed by atoms with van der Waals surface area (Å²) in [7, 11) is 0. The first kappa shape index (κ1) is 9.78. The zero-order valence-electron chi connectivity index (χ0n) is 8.56. The Morgan fingerprint density at radius 3 is 2.23 bits per heavy atom. The van der Waals surface area contributed by atoms with Crippen molar-refractivity contribution in [2.75, 3.05) is 5.73 Å². The first-order valence-electron chi connectivity index (χ1n) is 4.32. The molecule has 0 spiro atoms. The third kappa shape index (κ3) is 1.57. The molecule has 1 aromatic rings. The van der Waals surface area contributed by atoms with Crippen LogP contribution in [0.4, 0.5) is 5.69 Å². The van der Waals surface area contributed by atoms with Gasteiger partial charge >= 0.3 is 0 Å². The number of ketones is 1. The zero-order valence-corrected chi connectivity index (χ0v) is 8.56. The lowest BCUT2D eigenvalue weighted by atomic mass is 9.96. The highest BCUT2D eigenvalue weighted by Gasteiger charge is 2.10. The average molecular weight is 177 g/mol. The average Bonchev–Trinajstić information content (AvgIpc) is 2.07. The first-order valence-corrected chi connectivity index (χ1v) is 4.32. The predicted octanol–water partition coefficient (Wildman–Crippen LogP) is 2.40. The van der Waals surface area contributed by atoms with Crippen LogP contribution in [0, 0.1) is 20.8 Å². The van der Waals surface area contributed by atoms with Crippen LogP contribution in [-0.4, -0.2) is 5.78 Å². The van der Waals surface area contributed by atoms with Crippen LogP contribution in [0.2, 0.25) is 0 Å². The van der Waals surface area contributed by atoms with Crippen molar-refractivity contribution in [1.82, 2.24) is 0 Å². The summed E-state index contributed by atoms with van der Waals surface area (Å²) >= 11 is 0. The third-order valence-electron chi connectivity index (χ3n) is 2.54. The summed E-state index contributed by atoms with van der Waals surface area (Å²) in [5.74, 6) is 0.101. The van der Waals surface area contributed by atoms with Gasteiger partial charge in [0, 0.05) is 11.3 Å². The number of anilines is 1. The number of hydrogen-bond donors (Lipinski definition) is 1. The van der Waals surface area contributed by atoms with Crippen LogP contribution in [0.3, 0.4) is 0 Å². The van der Waals surface area contributed by atoms with Gasteiger partial charge in [0.1, 0.15) is 0 Å². The van der Waals surface area contributed by atoms with E-state index in [4.69, 9.17) is 5.73 Å². The van der Waals surface area contributed by atoms with E-state index in [1.165, 1.54) is 0 Å². The van der Waals surface area contributed by atoms with Crippen molar-refractivity contribution in [3.05, 3.63) is 28.3 Å². The van der Waals surface area contributed by atoms with Crippen molar-refractivity contribution in [3.63, 3.8) is 0 Å². The molecule has 0 radical (unpaired) electrons. The van der Waals surface area contributed by atoms with Crippen molar-refractivity contribution in [2.45, 2.75) is 27.7 Å². The van der Waals surface area contributed by atoms with Gasteiger partial charge < -0.3 is 5.73 Å². The number of carbonyl (C=O) groups excluding carboxylic acids is 1. The van der Waals surface area contributed by atoms with Gasteiger partial charge in [0.25, 0.3) is 0 Å². The Morgan fingerprint density at radius 2 is 1.77 bits per heavy atom. The molecule has 70 valence electrons. The van der Waals surface area contributed by atoms with E-state index in [-0.39, 0.29) is 5.78 Å². The van der Waals surface area contributed by atoms with Gasteiger partial charge in [-0.25, -0.2) is 0 Å². The predicted molar refractivity (Wildman–Crippen MR) is 55.1 cm³/mol. The highest BCUT2D eigenvalue weighted by molar-refractivity contribution is 5.96. The van der Waals surface area contributed by atoms with Gasteiger partial charge in [-0.15, -0.1) is 0 Å². The van der Waals surface area contributed by atoms with Crippen LogP contribution in [-0.2, 0) is 0 Å². The number of carbonyl (C=O) groups is 1. The van der Waals surface area contributed by atoms with Crippen LogP contribution < -0.4 is 5.73 Å². The van der Waals surface area contributed by atoms with E-state index in [9.17, 15) is 4.79 Å². The number of nitrogen functional groups attached to an aromatic ring is 1. The third-order valence-corrected chi connectivity index (χ3v) is 2.54. The van der Waals surface area contributed by atoms with Crippen molar-refractivity contribution in [1.29, 1.82) is 0 Å². The van der Waals surface area contributed by atoms with Gasteiger partial charge in [0.2, 0.25) is 0 Å². The Kier molecular flexibility index (Phi) is 2.41. The molecule has 0 heterocycles. The molecule has 0 fully saturated rings. The molecule has 13 heavy (non-hydrogen) atoms. The van der Waals surface area contributed by atoms with Gasteiger partial charge in [0.15, 0.2) is 5.78 Å². The van der Waals surface area contributed by atoms with E-state index >= 15 is 0 Å². The fourth-order valence-electron chi connectivity index (χ4n) is 1.47. The van der Waals surface area contributed by atoms with Crippen LogP contribution >= 0.6 is 0 Å². The second kappa shape index (κ2) is 3.21. The number of benzene rings is 1. The molecule has 1 aromatic carbocycles. The highest BCUT2D eigenvalue weighted by Crippen LogP contribution is 2.23.